The monoisotopic (exact) mass is 382 g/mol. The highest BCUT2D eigenvalue weighted by atomic mass is 32.1. The molecule has 0 aliphatic carbocycles. The first-order valence-corrected chi connectivity index (χ1v) is 10.2. The van der Waals surface area contributed by atoms with Crippen molar-refractivity contribution < 1.29 is 4.79 Å². The number of aromatic nitrogens is 3. The number of amides is 1. The molecular weight excluding hydrogens is 364 g/mol. The van der Waals surface area contributed by atoms with E-state index in [9.17, 15) is 4.79 Å². The van der Waals surface area contributed by atoms with Gasteiger partial charge in [0.2, 0.25) is 4.96 Å². The van der Waals surface area contributed by atoms with Crippen LogP contribution in [0.25, 0.3) is 15.7 Å². The van der Waals surface area contributed by atoms with Gasteiger partial charge in [-0.25, -0.2) is 4.52 Å². The van der Waals surface area contributed by atoms with Crippen molar-refractivity contribution in [1.82, 2.24) is 19.9 Å². The van der Waals surface area contributed by atoms with Crippen molar-refractivity contribution in [2.45, 2.75) is 19.8 Å². The predicted molar refractivity (Wildman–Crippen MR) is 106 cm³/mol. The van der Waals surface area contributed by atoms with E-state index in [2.05, 4.69) is 27.7 Å². The summed E-state index contributed by atoms with van der Waals surface area (Å²) in [5, 5.41) is 11.7. The topological polar surface area (TPSA) is 59.3 Å². The Labute approximate surface area is 159 Å². The fourth-order valence-corrected chi connectivity index (χ4v) is 4.21. The van der Waals surface area contributed by atoms with Crippen LogP contribution in [0.15, 0.2) is 47.2 Å². The van der Waals surface area contributed by atoms with Crippen molar-refractivity contribution in [3.05, 3.63) is 64.0 Å². The number of carbonyl (C=O) groups is 1. The highest BCUT2D eigenvalue weighted by Gasteiger charge is 2.12. The molecule has 0 aliphatic heterocycles. The van der Waals surface area contributed by atoms with Gasteiger partial charge in [-0.3, -0.25) is 4.79 Å². The van der Waals surface area contributed by atoms with Gasteiger partial charge in [-0.1, -0.05) is 25.1 Å². The van der Waals surface area contributed by atoms with E-state index in [-0.39, 0.29) is 5.91 Å². The average Bonchev–Trinajstić information content (AvgIpc) is 3.39. The second-order valence-electron chi connectivity index (χ2n) is 5.89. The number of hydrogen-bond acceptors (Lipinski definition) is 5. The molecule has 1 amide bonds. The van der Waals surface area contributed by atoms with Crippen LogP contribution >= 0.6 is 22.7 Å². The van der Waals surface area contributed by atoms with Crippen molar-refractivity contribution in [2.24, 2.45) is 0 Å². The van der Waals surface area contributed by atoms with Crippen molar-refractivity contribution in [1.29, 1.82) is 0 Å². The van der Waals surface area contributed by atoms with Gasteiger partial charge in [0.05, 0.1) is 10.6 Å². The minimum absolute atomic E-state index is 0.0445. The third-order valence-electron chi connectivity index (χ3n) is 4.18. The lowest BCUT2D eigenvalue weighted by atomic mass is 10.1. The van der Waals surface area contributed by atoms with Gasteiger partial charge in [0.1, 0.15) is 0 Å². The molecule has 0 aliphatic rings. The zero-order valence-corrected chi connectivity index (χ0v) is 15.9. The van der Waals surface area contributed by atoms with Gasteiger partial charge in [0, 0.05) is 23.9 Å². The third kappa shape index (κ3) is 3.40. The zero-order valence-electron chi connectivity index (χ0n) is 14.3. The summed E-state index contributed by atoms with van der Waals surface area (Å²) in [4.78, 5) is 18.8. The van der Waals surface area contributed by atoms with Gasteiger partial charge in [0.25, 0.3) is 5.91 Å². The Bertz CT molecular complexity index is 1020. The number of carbonyl (C=O) groups excluding carboxylic acids is 1. The maximum absolute atomic E-state index is 12.3. The number of hydrogen-bond donors (Lipinski definition) is 1. The molecule has 132 valence electrons. The van der Waals surface area contributed by atoms with Crippen LogP contribution in [0.3, 0.4) is 0 Å². The molecule has 3 aromatic heterocycles. The van der Waals surface area contributed by atoms with E-state index in [1.807, 2.05) is 46.3 Å². The van der Waals surface area contributed by atoms with Crippen molar-refractivity contribution in [3.63, 3.8) is 0 Å². The van der Waals surface area contributed by atoms with Crippen molar-refractivity contribution in [2.75, 3.05) is 6.54 Å². The second kappa shape index (κ2) is 7.39. The maximum Gasteiger partial charge on any atom is 0.251 e. The maximum atomic E-state index is 12.3. The van der Waals surface area contributed by atoms with E-state index in [0.717, 1.165) is 27.8 Å². The Morgan fingerprint density at radius 3 is 2.77 bits per heavy atom. The molecule has 26 heavy (non-hydrogen) atoms. The van der Waals surface area contributed by atoms with E-state index in [0.29, 0.717) is 18.5 Å². The molecular formula is C19H18N4OS2. The van der Waals surface area contributed by atoms with Crippen LogP contribution in [0, 0.1) is 0 Å². The largest absolute Gasteiger partial charge is 0.352 e. The molecule has 0 radical (unpaired) electrons. The smallest absolute Gasteiger partial charge is 0.251 e. The van der Waals surface area contributed by atoms with Crippen LogP contribution < -0.4 is 5.32 Å². The quantitative estimate of drug-likeness (QED) is 0.547. The SMILES string of the molecule is CCc1ccc(C(=O)NCCc2csc3nc(-c4cccs4)nn23)cc1. The summed E-state index contributed by atoms with van der Waals surface area (Å²) in [7, 11) is 0. The molecule has 5 nitrogen and oxygen atoms in total. The fraction of sp³-hybridized carbons (Fsp3) is 0.211. The summed E-state index contributed by atoms with van der Waals surface area (Å²) in [6.07, 6.45) is 1.69. The van der Waals surface area contributed by atoms with Crippen molar-refractivity contribution in [3.8, 4) is 10.7 Å². The Morgan fingerprint density at radius 2 is 2.04 bits per heavy atom. The van der Waals surface area contributed by atoms with E-state index >= 15 is 0 Å². The summed E-state index contributed by atoms with van der Waals surface area (Å²) < 4.78 is 1.88. The number of fused-ring (bicyclic) bond motifs is 1. The molecule has 4 aromatic rings. The fourth-order valence-electron chi connectivity index (χ4n) is 2.70. The Balaban J connectivity index is 1.40. The Kier molecular flexibility index (Phi) is 4.81. The van der Waals surface area contributed by atoms with Gasteiger partial charge in [-0.2, -0.15) is 4.98 Å². The molecule has 0 saturated heterocycles. The first-order valence-electron chi connectivity index (χ1n) is 8.48. The normalized spacial score (nSPS) is 11.1. The van der Waals surface area contributed by atoms with Crippen molar-refractivity contribution >= 4 is 33.5 Å². The highest BCUT2D eigenvalue weighted by molar-refractivity contribution is 7.15. The molecule has 3 heterocycles. The summed E-state index contributed by atoms with van der Waals surface area (Å²) in [5.74, 6) is 0.713. The molecule has 7 heteroatoms. The number of nitrogens with one attached hydrogen (secondary N) is 1. The second-order valence-corrected chi connectivity index (χ2v) is 7.67. The third-order valence-corrected chi connectivity index (χ3v) is 5.91. The molecule has 0 atom stereocenters. The average molecular weight is 383 g/mol. The molecule has 0 spiro atoms. The molecule has 0 bridgehead atoms. The van der Waals surface area contributed by atoms with Gasteiger partial charge < -0.3 is 5.32 Å². The minimum atomic E-state index is -0.0445. The van der Waals surface area contributed by atoms with Gasteiger partial charge in [-0.05, 0) is 35.6 Å². The van der Waals surface area contributed by atoms with E-state index < -0.39 is 0 Å². The number of nitrogens with zero attached hydrogens (tertiary/aromatic N) is 3. The first kappa shape index (κ1) is 16.9. The van der Waals surface area contributed by atoms with Gasteiger partial charge in [0.15, 0.2) is 5.82 Å². The van der Waals surface area contributed by atoms with Crippen LogP contribution in [0.5, 0.6) is 0 Å². The summed E-state index contributed by atoms with van der Waals surface area (Å²) in [6.45, 7) is 2.67. The minimum Gasteiger partial charge on any atom is -0.352 e. The number of benzene rings is 1. The van der Waals surface area contributed by atoms with Gasteiger partial charge in [-0.15, -0.1) is 27.8 Å². The number of thiophene rings is 1. The molecule has 1 N–H and O–H groups in total. The number of aryl methyl sites for hydroxylation is 1. The molecule has 0 unspecified atom stereocenters. The number of thiazole rings is 1. The molecule has 0 saturated carbocycles. The molecule has 1 aromatic carbocycles. The lowest BCUT2D eigenvalue weighted by molar-refractivity contribution is 0.0954. The Morgan fingerprint density at radius 1 is 1.19 bits per heavy atom. The summed E-state index contributed by atoms with van der Waals surface area (Å²) >= 11 is 3.20. The van der Waals surface area contributed by atoms with Crippen LogP contribution in [-0.4, -0.2) is 27.0 Å². The molecule has 4 rings (SSSR count). The standard InChI is InChI=1S/C19H18N4OS2/c1-2-13-5-7-14(8-6-13)18(24)20-10-9-15-12-26-19-21-17(22-23(15)19)16-4-3-11-25-16/h3-8,11-12H,2,9-10H2,1H3,(H,20,24). The van der Waals surface area contributed by atoms with E-state index in [4.69, 9.17) is 0 Å². The van der Waals surface area contributed by atoms with Crippen LogP contribution in [-0.2, 0) is 12.8 Å². The lowest BCUT2D eigenvalue weighted by Crippen LogP contribution is -2.26. The van der Waals surface area contributed by atoms with Crippen LogP contribution in [0.4, 0.5) is 0 Å². The molecule has 0 fully saturated rings. The highest BCUT2D eigenvalue weighted by Crippen LogP contribution is 2.24. The lowest BCUT2D eigenvalue weighted by Gasteiger charge is -2.05. The van der Waals surface area contributed by atoms with E-state index in [1.54, 1.807) is 22.7 Å². The predicted octanol–water partition coefficient (Wildman–Crippen LogP) is 4.05. The Hall–Kier alpha value is -2.51. The van der Waals surface area contributed by atoms with Crippen LogP contribution in [0.1, 0.15) is 28.5 Å². The zero-order chi connectivity index (χ0) is 17.9. The van der Waals surface area contributed by atoms with Gasteiger partial charge >= 0.3 is 0 Å². The van der Waals surface area contributed by atoms with E-state index in [1.165, 1.54) is 5.56 Å². The first-order chi connectivity index (χ1) is 12.7. The number of rotatable bonds is 6. The summed E-state index contributed by atoms with van der Waals surface area (Å²) in [5.41, 5.74) is 2.98. The van der Waals surface area contributed by atoms with Crippen LogP contribution in [0.2, 0.25) is 0 Å². The summed E-state index contributed by atoms with van der Waals surface area (Å²) in [6, 6.07) is 11.8.